The highest BCUT2D eigenvalue weighted by molar-refractivity contribution is 7.89. The minimum Gasteiger partial charge on any atom is -0.471 e. The number of nitrogens with one attached hydrogen (secondary N) is 2. The van der Waals surface area contributed by atoms with Crippen LogP contribution in [0.25, 0.3) is 0 Å². The monoisotopic (exact) mass is 629 g/mol. The van der Waals surface area contributed by atoms with Crippen LogP contribution in [0, 0.1) is 0 Å². The van der Waals surface area contributed by atoms with Gasteiger partial charge in [-0.3, -0.25) is 9.88 Å². The van der Waals surface area contributed by atoms with Gasteiger partial charge >= 0.3 is 12.3 Å². The van der Waals surface area contributed by atoms with Crippen LogP contribution in [-0.4, -0.2) is 101 Å². The van der Waals surface area contributed by atoms with Gasteiger partial charge in [0, 0.05) is 57.1 Å². The van der Waals surface area contributed by atoms with E-state index in [1.807, 2.05) is 0 Å². The number of piperazine rings is 1. The molecule has 3 aliphatic rings. The molecule has 2 aromatic rings. The highest BCUT2D eigenvalue weighted by atomic mass is 32.2. The molecule has 13 nitrogen and oxygen atoms in total. The molecule has 1 amide bonds. The molecule has 236 valence electrons. The third-order valence-electron chi connectivity index (χ3n) is 7.95. The Balaban J connectivity index is 1.34. The van der Waals surface area contributed by atoms with E-state index in [1.54, 1.807) is 13.8 Å². The lowest BCUT2D eigenvalue weighted by Crippen LogP contribution is -2.63. The first kappa shape index (κ1) is 31.2. The van der Waals surface area contributed by atoms with Crippen LogP contribution in [0.15, 0.2) is 29.4 Å². The maximum absolute atomic E-state index is 13.7. The van der Waals surface area contributed by atoms with Crippen LogP contribution in [0.3, 0.4) is 0 Å². The van der Waals surface area contributed by atoms with Gasteiger partial charge in [-0.2, -0.15) is 22.5 Å². The SMILES string of the molecule is C[C@@H]1CNC[C@@](C)(c2cc(S(=O)(=O)N3CCCC(Nc4ncc(C(F)(F)F)c(OC5CCOC5)n4)C3)ccn2)N1C(=O)O. The minimum atomic E-state index is -4.73. The number of halogens is 3. The number of hydrogen-bond donors (Lipinski definition) is 3. The Morgan fingerprint density at radius 1 is 1.30 bits per heavy atom. The number of ether oxygens (including phenoxy) is 2. The second-order valence-electron chi connectivity index (χ2n) is 11.1. The highest BCUT2D eigenvalue weighted by Crippen LogP contribution is 2.36. The molecule has 5 rings (SSSR count). The number of sulfonamides is 1. The summed E-state index contributed by atoms with van der Waals surface area (Å²) < 4.78 is 80.2. The van der Waals surface area contributed by atoms with Crippen molar-refractivity contribution in [3.63, 3.8) is 0 Å². The number of piperidine rings is 1. The lowest BCUT2D eigenvalue weighted by molar-refractivity contribution is -0.139. The molecule has 17 heteroatoms. The third kappa shape index (κ3) is 6.49. The number of carboxylic acid groups (broad SMARTS) is 1. The first-order valence-electron chi connectivity index (χ1n) is 13.9. The van der Waals surface area contributed by atoms with Crippen molar-refractivity contribution in [2.45, 2.75) is 67.9 Å². The topological polar surface area (TPSA) is 159 Å². The minimum absolute atomic E-state index is 0.00807. The summed E-state index contributed by atoms with van der Waals surface area (Å²) in [5.41, 5.74) is -1.92. The Kier molecular flexibility index (Phi) is 8.70. The zero-order valence-corrected chi connectivity index (χ0v) is 24.5. The molecule has 0 spiro atoms. The third-order valence-corrected chi connectivity index (χ3v) is 9.81. The number of rotatable bonds is 7. The molecular formula is C26H34F3N7O6S. The van der Waals surface area contributed by atoms with E-state index in [0.29, 0.717) is 44.3 Å². The van der Waals surface area contributed by atoms with Crippen molar-refractivity contribution in [1.82, 2.24) is 29.5 Å². The molecule has 3 aliphatic heterocycles. The lowest BCUT2D eigenvalue weighted by atomic mass is 9.90. The Labute approximate surface area is 246 Å². The molecule has 43 heavy (non-hydrogen) atoms. The highest BCUT2D eigenvalue weighted by Gasteiger charge is 2.44. The Morgan fingerprint density at radius 3 is 2.79 bits per heavy atom. The number of alkyl halides is 3. The average molecular weight is 630 g/mol. The van der Waals surface area contributed by atoms with E-state index in [2.05, 4.69) is 25.6 Å². The van der Waals surface area contributed by atoms with E-state index in [4.69, 9.17) is 9.47 Å². The summed E-state index contributed by atoms with van der Waals surface area (Å²) in [5, 5.41) is 16.1. The van der Waals surface area contributed by atoms with Gasteiger partial charge in [0.15, 0.2) is 0 Å². The van der Waals surface area contributed by atoms with Crippen LogP contribution >= 0.6 is 0 Å². The van der Waals surface area contributed by atoms with Crippen molar-refractivity contribution in [2.24, 2.45) is 0 Å². The molecular weight excluding hydrogens is 595 g/mol. The van der Waals surface area contributed by atoms with Crippen LogP contribution < -0.4 is 15.4 Å². The standard InChI is InChI=1S/C26H34F3N7O6S/c1-16-11-30-15-25(2,36(16)24(37)38)21-10-19(5-7-31-21)43(39,40)35-8-3-4-17(13-35)33-23-32-12-20(26(27,28)29)22(34-23)42-18-6-9-41-14-18/h5,7,10,12,16-18,30H,3-4,6,8-9,11,13-15H2,1-2H3,(H,37,38)(H,32,33,34)/t16-,17?,18?,25+/m1/s1. The van der Waals surface area contributed by atoms with Gasteiger partial charge in [-0.15, -0.1) is 0 Å². The van der Waals surface area contributed by atoms with Crippen LogP contribution in [0.4, 0.5) is 23.9 Å². The Bertz CT molecular complexity index is 1440. The summed E-state index contributed by atoms with van der Waals surface area (Å²) in [6.07, 6.45) is -2.99. The average Bonchev–Trinajstić information content (AvgIpc) is 3.45. The number of hydrogen-bond acceptors (Lipinski definition) is 10. The number of carbonyl (C=O) groups is 1. The number of anilines is 1. The molecule has 2 unspecified atom stereocenters. The Morgan fingerprint density at radius 2 is 2.09 bits per heavy atom. The summed E-state index contributed by atoms with van der Waals surface area (Å²) in [6.45, 7) is 4.92. The molecule has 0 aliphatic carbocycles. The van der Waals surface area contributed by atoms with Crippen molar-refractivity contribution < 1.29 is 41.0 Å². The maximum atomic E-state index is 13.7. The van der Waals surface area contributed by atoms with E-state index >= 15 is 0 Å². The number of aromatic nitrogens is 3. The van der Waals surface area contributed by atoms with Gasteiger partial charge in [-0.25, -0.2) is 18.2 Å². The van der Waals surface area contributed by atoms with Gasteiger partial charge in [0.25, 0.3) is 0 Å². The summed E-state index contributed by atoms with van der Waals surface area (Å²) in [4.78, 5) is 25.5. The van der Waals surface area contributed by atoms with Crippen molar-refractivity contribution in [1.29, 1.82) is 0 Å². The van der Waals surface area contributed by atoms with Crippen LogP contribution in [-0.2, 0) is 26.5 Å². The molecule has 0 aromatic carbocycles. The fraction of sp³-hybridized carbons (Fsp3) is 0.615. The normalized spacial score (nSPS) is 27.2. The van der Waals surface area contributed by atoms with Crippen molar-refractivity contribution in [2.75, 3.05) is 44.7 Å². The number of nitrogens with zero attached hydrogens (tertiary/aromatic N) is 5. The van der Waals surface area contributed by atoms with E-state index in [-0.39, 0.29) is 43.1 Å². The lowest BCUT2D eigenvalue weighted by Gasteiger charge is -2.46. The smallest absolute Gasteiger partial charge is 0.423 e. The van der Waals surface area contributed by atoms with Gasteiger partial charge < -0.3 is 25.2 Å². The molecule has 0 bridgehead atoms. The zero-order valence-electron chi connectivity index (χ0n) is 23.7. The number of amides is 1. The van der Waals surface area contributed by atoms with Gasteiger partial charge in [0.05, 0.1) is 29.3 Å². The fourth-order valence-corrected chi connectivity index (χ4v) is 7.30. The molecule has 4 atom stereocenters. The quantitative estimate of drug-likeness (QED) is 0.413. The van der Waals surface area contributed by atoms with Crippen molar-refractivity contribution in [3.8, 4) is 5.88 Å². The van der Waals surface area contributed by atoms with Gasteiger partial charge in [-0.1, -0.05) is 0 Å². The predicted octanol–water partition coefficient (Wildman–Crippen LogP) is 2.51. The predicted molar refractivity (Wildman–Crippen MR) is 146 cm³/mol. The summed E-state index contributed by atoms with van der Waals surface area (Å²) >= 11 is 0. The second-order valence-corrected chi connectivity index (χ2v) is 13.1. The summed E-state index contributed by atoms with van der Waals surface area (Å²) in [7, 11) is -4.04. The fourth-order valence-electron chi connectivity index (χ4n) is 5.76. The molecule has 0 saturated carbocycles. The molecule has 0 radical (unpaired) electrons. The molecule has 5 heterocycles. The molecule has 2 aromatic heterocycles. The molecule has 3 saturated heterocycles. The first-order chi connectivity index (χ1) is 20.3. The summed E-state index contributed by atoms with van der Waals surface area (Å²) in [5.74, 6) is -0.724. The molecule has 3 fully saturated rings. The van der Waals surface area contributed by atoms with E-state index in [0.717, 1.165) is 0 Å². The van der Waals surface area contributed by atoms with Crippen molar-refractivity contribution >= 4 is 22.1 Å². The van der Waals surface area contributed by atoms with Gasteiger partial charge in [-0.05, 0) is 38.8 Å². The molecule has 3 N–H and O–H groups in total. The van der Waals surface area contributed by atoms with Gasteiger partial charge in [0.2, 0.25) is 21.9 Å². The Hall–Kier alpha value is -3.28. The van der Waals surface area contributed by atoms with Crippen LogP contribution in [0.5, 0.6) is 5.88 Å². The summed E-state index contributed by atoms with van der Waals surface area (Å²) in [6, 6.07) is 1.90. The van der Waals surface area contributed by atoms with E-state index in [9.17, 15) is 31.5 Å². The largest absolute Gasteiger partial charge is 0.471 e. The van der Waals surface area contributed by atoms with E-state index < -0.39 is 51.4 Å². The van der Waals surface area contributed by atoms with Crippen molar-refractivity contribution in [3.05, 3.63) is 35.8 Å². The van der Waals surface area contributed by atoms with Gasteiger partial charge in [0.1, 0.15) is 11.7 Å². The zero-order chi connectivity index (χ0) is 31.0. The maximum Gasteiger partial charge on any atom is 0.423 e. The first-order valence-corrected chi connectivity index (χ1v) is 15.4. The number of pyridine rings is 1. The van der Waals surface area contributed by atoms with Crippen LogP contribution in [0.1, 0.15) is 44.4 Å². The van der Waals surface area contributed by atoms with E-state index in [1.165, 1.54) is 27.5 Å². The second kappa shape index (κ2) is 12.0. The van der Waals surface area contributed by atoms with Crippen LogP contribution in [0.2, 0.25) is 0 Å².